The molecule has 1 unspecified atom stereocenters. The van der Waals surface area contributed by atoms with Gasteiger partial charge < -0.3 is 15.4 Å². The predicted molar refractivity (Wildman–Crippen MR) is 123 cm³/mol. The number of ether oxygens (including phenoxy) is 1. The van der Waals surface area contributed by atoms with Crippen LogP contribution in [-0.4, -0.2) is 35.5 Å². The summed E-state index contributed by atoms with van der Waals surface area (Å²) in [6.45, 7) is 7.73. The number of nitrogens with one attached hydrogen (secondary N) is 2. The number of nitrogens with zero attached hydrogens (tertiary/aromatic N) is 1. The van der Waals surface area contributed by atoms with Gasteiger partial charge in [0.2, 0.25) is 0 Å². The van der Waals surface area contributed by atoms with Crippen molar-refractivity contribution in [2.24, 2.45) is 0 Å². The Morgan fingerprint density at radius 3 is 2.33 bits per heavy atom. The van der Waals surface area contributed by atoms with Gasteiger partial charge in [0.15, 0.2) is 0 Å². The molecule has 0 saturated heterocycles. The standard InChI is InChI=1S/C25H28FN3O4/c1-5-14-29-16(4)21(24(31)33-15(2)3)22(28-25(29)32)17-8-12-20(13-9-17)27-23(30)18-6-10-19(26)11-7-18/h6-13,15,22H,5,14H2,1-4H3,(H,27,30)(H,28,32). The van der Waals surface area contributed by atoms with Crippen molar-refractivity contribution in [3.63, 3.8) is 0 Å². The van der Waals surface area contributed by atoms with Gasteiger partial charge in [-0.3, -0.25) is 9.69 Å². The number of urea groups is 1. The van der Waals surface area contributed by atoms with E-state index in [0.29, 0.717) is 34.6 Å². The molecule has 0 radical (unpaired) electrons. The summed E-state index contributed by atoms with van der Waals surface area (Å²) in [5.41, 5.74) is 2.46. The van der Waals surface area contributed by atoms with E-state index in [0.717, 1.165) is 6.42 Å². The molecule has 8 heteroatoms. The lowest BCUT2D eigenvalue weighted by Crippen LogP contribution is -2.48. The zero-order valence-corrected chi connectivity index (χ0v) is 19.1. The minimum Gasteiger partial charge on any atom is -0.459 e. The lowest BCUT2D eigenvalue weighted by Gasteiger charge is -2.35. The number of hydrogen-bond acceptors (Lipinski definition) is 4. The molecule has 0 saturated carbocycles. The zero-order valence-electron chi connectivity index (χ0n) is 19.1. The van der Waals surface area contributed by atoms with Crippen LogP contribution in [0.25, 0.3) is 0 Å². The number of allylic oxidation sites excluding steroid dienone is 1. The highest BCUT2D eigenvalue weighted by Gasteiger charge is 2.36. The lowest BCUT2D eigenvalue weighted by atomic mass is 9.94. The fourth-order valence-electron chi connectivity index (χ4n) is 3.63. The largest absolute Gasteiger partial charge is 0.459 e. The van der Waals surface area contributed by atoms with Crippen LogP contribution in [0, 0.1) is 5.82 Å². The SMILES string of the molecule is CCCN1C(=O)NC(c2ccc(NC(=O)c3ccc(F)cc3)cc2)C(C(=O)OC(C)C)=C1C. The van der Waals surface area contributed by atoms with Crippen molar-refractivity contribution in [1.29, 1.82) is 0 Å². The van der Waals surface area contributed by atoms with Gasteiger partial charge in [-0.25, -0.2) is 14.0 Å². The Labute approximate surface area is 192 Å². The topological polar surface area (TPSA) is 87.7 Å². The van der Waals surface area contributed by atoms with E-state index in [1.165, 1.54) is 24.3 Å². The summed E-state index contributed by atoms with van der Waals surface area (Å²) in [4.78, 5) is 39.5. The monoisotopic (exact) mass is 453 g/mol. The minimum atomic E-state index is -0.682. The molecule has 2 aromatic rings. The molecular formula is C25H28FN3O4. The molecule has 3 rings (SSSR count). The maximum Gasteiger partial charge on any atom is 0.338 e. The number of hydrogen-bond donors (Lipinski definition) is 2. The van der Waals surface area contributed by atoms with Crippen LogP contribution in [0.3, 0.4) is 0 Å². The molecule has 7 nitrogen and oxygen atoms in total. The van der Waals surface area contributed by atoms with Gasteiger partial charge in [-0.2, -0.15) is 0 Å². The average molecular weight is 454 g/mol. The number of rotatable bonds is 7. The normalized spacial score (nSPS) is 16.0. The van der Waals surface area contributed by atoms with Crippen LogP contribution in [0.5, 0.6) is 0 Å². The Bertz CT molecular complexity index is 1060. The van der Waals surface area contributed by atoms with E-state index in [4.69, 9.17) is 4.74 Å². The second-order valence-electron chi connectivity index (χ2n) is 8.07. The third-order valence-corrected chi connectivity index (χ3v) is 5.21. The van der Waals surface area contributed by atoms with Crippen LogP contribution in [0.2, 0.25) is 0 Å². The first-order valence-corrected chi connectivity index (χ1v) is 10.9. The Morgan fingerprint density at radius 2 is 1.76 bits per heavy atom. The molecule has 174 valence electrons. The van der Waals surface area contributed by atoms with E-state index in [1.54, 1.807) is 49.9 Å². The Morgan fingerprint density at radius 1 is 1.12 bits per heavy atom. The van der Waals surface area contributed by atoms with E-state index in [2.05, 4.69) is 10.6 Å². The molecule has 33 heavy (non-hydrogen) atoms. The van der Waals surface area contributed by atoms with E-state index < -0.39 is 17.8 Å². The molecule has 0 aliphatic carbocycles. The van der Waals surface area contributed by atoms with Gasteiger partial charge in [-0.05, 0) is 69.2 Å². The van der Waals surface area contributed by atoms with Crippen LogP contribution in [0.1, 0.15) is 56.1 Å². The third kappa shape index (κ3) is 5.58. The average Bonchev–Trinajstić information content (AvgIpc) is 2.76. The molecule has 1 aliphatic heterocycles. The summed E-state index contributed by atoms with van der Waals surface area (Å²) < 4.78 is 18.5. The number of halogens is 1. The summed E-state index contributed by atoms with van der Waals surface area (Å²) in [5.74, 6) is -1.28. The molecule has 1 aliphatic rings. The number of esters is 1. The lowest BCUT2D eigenvalue weighted by molar-refractivity contribution is -0.143. The highest BCUT2D eigenvalue weighted by atomic mass is 19.1. The molecular weight excluding hydrogens is 425 g/mol. The second-order valence-corrected chi connectivity index (χ2v) is 8.07. The van der Waals surface area contributed by atoms with Crippen molar-refractivity contribution in [3.8, 4) is 0 Å². The maximum atomic E-state index is 13.1. The van der Waals surface area contributed by atoms with Gasteiger partial charge in [-0.15, -0.1) is 0 Å². The minimum absolute atomic E-state index is 0.283. The number of benzene rings is 2. The van der Waals surface area contributed by atoms with Crippen LogP contribution >= 0.6 is 0 Å². The first kappa shape index (κ1) is 24.0. The maximum absolute atomic E-state index is 13.1. The molecule has 0 aromatic heterocycles. The summed E-state index contributed by atoms with van der Waals surface area (Å²) in [6, 6.07) is 11.1. The molecule has 3 amide bonds. The van der Waals surface area contributed by atoms with Gasteiger partial charge >= 0.3 is 12.0 Å². The zero-order chi connectivity index (χ0) is 24.1. The number of amides is 3. The molecule has 2 N–H and O–H groups in total. The summed E-state index contributed by atoms with van der Waals surface area (Å²) in [5, 5.41) is 5.65. The Balaban J connectivity index is 1.86. The summed E-state index contributed by atoms with van der Waals surface area (Å²) in [6.07, 6.45) is 0.435. The molecule has 0 fully saturated rings. The smallest absolute Gasteiger partial charge is 0.338 e. The van der Waals surface area contributed by atoms with Gasteiger partial charge in [0.05, 0.1) is 17.7 Å². The van der Waals surface area contributed by atoms with E-state index in [9.17, 15) is 18.8 Å². The molecule has 1 heterocycles. The van der Waals surface area contributed by atoms with Crippen LogP contribution in [-0.2, 0) is 9.53 Å². The van der Waals surface area contributed by atoms with Crippen LogP contribution in [0.15, 0.2) is 59.8 Å². The third-order valence-electron chi connectivity index (χ3n) is 5.21. The first-order valence-electron chi connectivity index (χ1n) is 10.9. The highest BCUT2D eigenvalue weighted by Crippen LogP contribution is 2.32. The van der Waals surface area contributed by atoms with Crippen LogP contribution in [0.4, 0.5) is 14.9 Å². The van der Waals surface area contributed by atoms with Crippen LogP contribution < -0.4 is 10.6 Å². The molecule has 0 bridgehead atoms. The summed E-state index contributed by atoms with van der Waals surface area (Å²) in [7, 11) is 0. The fourth-order valence-corrected chi connectivity index (χ4v) is 3.63. The number of carbonyl (C=O) groups is 3. The van der Waals surface area contributed by atoms with Gasteiger partial charge in [0.25, 0.3) is 5.91 Å². The Kier molecular flexibility index (Phi) is 7.48. The molecule has 2 aromatic carbocycles. The van der Waals surface area contributed by atoms with E-state index in [-0.39, 0.29) is 18.0 Å². The number of anilines is 1. The van der Waals surface area contributed by atoms with Crippen molar-refractivity contribution < 1.29 is 23.5 Å². The van der Waals surface area contributed by atoms with Gasteiger partial charge in [0.1, 0.15) is 5.82 Å². The van der Waals surface area contributed by atoms with Crippen molar-refractivity contribution in [3.05, 3.63) is 76.7 Å². The van der Waals surface area contributed by atoms with E-state index >= 15 is 0 Å². The number of carbonyl (C=O) groups excluding carboxylic acids is 3. The first-order chi connectivity index (χ1) is 15.7. The Hall–Kier alpha value is -3.68. The van der Waals surface area contributed by atoms with Crippen molar-refractivity contribution in [2.45, 2.75) is 46.3 Å². The van der Waals surface area contributed by atoms with Crippen molar-refractivity contribution >= 4 is 23.6 Å². The van der Waals surface area contributed by atoms with Gasteiger partial charge in [-0.1, -0.05) is 19.1 Å². The molecule has 1 atom stereocenters. The quantitative estimate of drug-likeness (QED) is 0.591. The van der Waals surface area contributed by atoms with E-state index in [1.807, 2.05) is 6.92 Å². The fraction of sp³-hybridized carbons (Fsp3) is 0.320. The second kappa shape index (κ2) is 10.3. The highest BCUT2D eigenvalue weighted by molar-refractivity contribution is 6.04. The van der Waals surface area contributed by atoms with Gasteiger partial charge in [0, 0.05) is 23.5 Å². The van der Waals surface area contributed by atoms with Crippen molar-refractivity contribution in [2.75, 3.05) is 11.9 Å². The summed E-state index contributed by atoms with van der Waals surface area (Å²) >= 11 is 0. The predicted octanol–water partition coefficient (Wildman–Crippen LogP) is 4.78. The molecule has 0 spiro atoms. The van der Waals surface area contributed by atoms with Crippen molar-refractivity contribution in [1.82, 2.24) is 10.2 Å².